The van der Waals surface area contributed by atoms with Gasteiger partial charge in [-0.2, -0.15) is 0 Å². The molecule has 70 valence electrons. The summed E-state index contributed by atoms with van der Waals surface area (Å²) in [5.74, 6) is 0. The second-order valence-electron chi connectivity index (χ2n) is 3.29. The first-order valence-electron chi connectivity index (χ1n) is 4.22. The SMILES string of the molecule is Cc1c(C)n(C)c2ccccc12.I. The maximum Gasteiger partial charge on any atom is 0.0482 e. The molecular weight excluding hydrogens is 273 g/mol. The standard InChI is InChI=1S/C11H13N.HI/c1-8-9(2)12(3)11-7-5-4-6-10(8)11;/h4-7H,1-3H3;1H. The smallest absolute Gasteiger partial charge is 0.0482 e. The van der Waals surface area contributed by atoms with E-state index in [4.69, 9.17) is 0 Å². The van der Waals surface area contributed by atoms with Crippen LogP contribution < -0.4 is 0 Å². The van der Waals surface area contributed by atoms with E-state index in [0.717, 1.165) is 0 Å². The van der Waals surface area contributed by atoms with Crippen LogP contribution in [0.5, 0.6) is 0 Å². The van der Waals surface area contributed by atoms with Gasteiger partial charge in [0.05, 0.1) is 0 Å². The second kappa shape index (κ2) is 3.70. The van der Waals surface area contributed by atoms with Gasteiger partial charge in [0.1, 0.15) is 0 Å². The Balaban J connectivity index is 0.000000845. The molecule has 0 atom stereocenters. The minimum absolute atomic E-state index is 0. The Morgan fingerprint density at radius 1 is 1.08 bits per heavy atom. The quantitative estimate of drug-likeness (QED) is 0.654. The van der Waals surface area contributed by atoms with Gasteiger partial charge >= 0.3 is 0 Å². The molecule has 0 saturated carbocycles. The summed E-state index contributed by atoms with van der Waals surface area (Å²) in [7, 11) is 2.12. The maximum atomic E-state index is 2.24. The van der Waals surface area contributed by atoms with Crippen molar-refractivity contribution >= 4 is 34.9 Å². The molecule has 2 heteroatoms. The number of rotatable bonds is 0. The number of fused-ring (bicyclic) bond motifs is 1. The van der Waals surface area contributed by atoms with Gasteiger partial charge in [-0.1, -0.05) is 18.2 Å². The fourth-order valence-electron chi connectivity index (χ4n) is 1.71. The zero-order valence-electron chi connectivity index (χ0n) is 8.16. The lowest BCUT2D eigenvalue weighted by atomic mass is 10.2. The summed E-state index contributed by atoms with van der Waals surface area (Å²) in [6.45, 7) is 4.34. The van der Waals surface area contributed by atoms with E-state index >= 15 is 0 Å². The van der Waals surface area contributed by atoms with Gasteiger partial charge < -0.3 is 4.57 Å². The molecule has 1 aromatic heterocycles. The molecule has 0 aliphatic heterocycles. The van der Waals surface area contributed by atoms with Crippen molar-refractivity contribution < 1.29 is 0 Å². The molecule has 1 aromatic carbocycles. The molecule has 0 aliphatic rings. The summed E-state index contributed by atoms with van der Waals surface area (Å²) in [6, 6.07) is 8.52. The summed E-state index contributed by atoms with van der Waals surface area (Å²) in [5, 5.41) is 1.37. The Morgan fingerprint density at radius 3 is 2.31 bits per heavy atom. The molecule has 13 heavy (non-hydrogen) atoms. The fourth-order valence-corrected chi connectivity index (χ4v) is 1.71. The number of hydrogen-bond donors (Lipinski definition) is 0. The highest BCUT2D eigenvalue weighted by molar-refractivity contribution is 14.0. The van der Waals surface area contributed by atoms with E-state index < -0.39 is 0 Å². The topological polar surface area (TPSA) is 4.93 Å². The zero-order valence-corrected chi connectivity index (χ0v) is 10.5. The van der Waals surface area contributed by atoms with Crippen molar-refractivity contribution in [3.8, 4) is 0 Å². The molecule has 0 unspecified atom stereocenters. The lowest BCUT2D eigenvalue weighted by molar-refractivity contribution is 0.910. The molecule has 2 rings (SSSR count). The van der Waals surface area contributed by atoms with Crippen LogP contribution >= 0.6 is 24.0 Å². The van der Waals surface area contributed by atoms with Crippen LogP contribution in [0.3, 0.4) is 0 Å². The van der Waals surface area contributed by atoms with Crippen molar-refractivity contribution in [3.05, 3.63) is 35.5 Å². The largest absolute Gasteiger partial charge is 0.348 e. The van der Waals surface area contributed by atoms with Crippen molar-refractivity contribution in [2.75, 3.05) is 0 Å². The van der Waals surface area contributed by atoms with Crippen molar-refractivity contribution in [1.29, 1.82) is 0 Å². The van der Waals surface area contributed by atoms with Crippen molar-refractivity contribution in [2.24, 2.45) is 7.05 Å². The number of hydrogen-bond acceptors (Lipinski definition) is 0. The highest BCUT2D eigenvalue weighted by atomic mass is 127. The van der Waals surface area contributed by atoms with Gasteiger partial charge in [-0.25, -0.2) is 0 Å². The Hall–Kier alpha value is -0.510. The molecule has 1 heterocycles. The maximum absolute atomic E-state index is 2.24. The van der Waals surface area contributed by atoms with Gasteiger partial charge in [0, 0.05) is 23.6 Å². The first kappa shape index (κ1) is 10.6. The molecule has 0 bridgehead atoms. The number of nitrogens with zero attached hydrogens (tertiary/aromatic N) is 1. The highest BCUT2D eigenvalue weighted by Crippen LogP contribution is 2.22. The van der Waals surface area contributed by atoms with Crippen LogP contribution in [0.1, 0.15) is 11.3 Å². The zero-order chi connectivity index (χ0) is 8.72. The van der Waals surface area contributed by atoms with Crippen molar-refractivity contribution in [1.82, 2.24) is 4.57 Å². The summed E-state index contributed by atoms with van der Waals surface area (Å²) in [5.41, 5.74) is 4.08. The van der Waals surface area contributed by atoms with Gasteiger partial charge in [-0.3, -0.25) is 0 Å². The van der Waals surface area contributed by atoms with Crippen LogP contribution in [-0.4, -0.2) is 4.57 Å². The van der Waals surface area contributed by atoms with Crippen LogP contribution in [0.4, 0.5) is 0 Å². The van der Waals surface area contributed by atoms with Crippen LogP contribution in [-0.2, 0) is 7.05 Å². The Morgan fingerprint density at radius 2 is 1.69 bits per heavy atom. The molecule has 0 spiro atoms. The van der Waals surface area contributed by atoms with Crippen LogP contribution in [0.25, 0.3) is 10.9 Å². The highest BCUT2D eigenvalue weighted by Gasteiger charge is 2.05. The van der Waals surface area contributed by atoms with E-state index in [2.05, 4.69) is 49.7 Å². The van der Waals surface area contributed by atoms with E-state index in [1.165, 1.54) is 22.2 Å². The lowest BCUT2D eigenvalue weighted by Gasteiger charge is -1.96. The third-order valence-corrected chi connectivity index (χ3v) is 2.72. The molecule has 0 fully saturated rings. The van der Waals surface area contributed by atoms with Crippen LogP contribution in [0.15, 0.2) is 24.3 Å². The molecule has 1 nitrogen and oxygen atoms in total. The predicted octanol–water partition coefficient (Wildman–Crippen LogP) is 3.41. The number of aryl methyl sites for hydroxylation is 2. The summed E-state index contributed by atoms with van der Waals surface area (Å²) in [4.78, 5) is 0. The van der Waals surface area contributed by atoms with Gasteiger partial charge in [0.25, 0.3) is 0 Å². The summed E-state index contributed by atoms with van der Waals surface area (Å²) in [6.07, 6.45) is 0. The average Bonchev–Trinajstić information content (AvgIpc) is 2.33. The second-order valence-corrected chi connectivity index (χ2v) is 3.29. The van der Waals surface area contributed by atoms with E-state index in [1.54, 1.807) is 0 Å². The van der Waals surface area contributed by atoms with Gasteiger partial charge in [0.2, 0.25) is 0 Å². The molecule has 0 amide bonds. The third kappa shape index (κ3) is 1.47. The average molecular weight is 287 g/mol. The van der Waals surface area contributed by atoms with Gasteiger partial charge in [-0.15, -0.1) is 24.0 Å². The van der Waals surface area contributed by atoms with Crippen LogP contribution in [0, 0.1) is 13.8 Å². The normalized spacial score (nSPS) is 10.1. The number of para-hydroxylation sites is 1. The molecule has 2 aromatic rings. The molecule has 0 N–H and O–H groups in total. The van der Waals surface area contributed by atoms with E-state index in [9.17, 15) is 0 Å². The molecule has 0 saturated heterocycles. The Labute approximate surface area is 95.8 Å². The fraction of sp³-hybridized carbons (Fsp3) is 0.273. The third-order valence-electron chi connectivity index (χ3n) is 2.72. The minimum atomic E-state index is 0. The monoisotopic (exact) mass is 287 g/mol. The van der Waals surface area contributed by atoms with Gasteiger partial charge in [0.15, 0.2) is 0 Å². The molecular formula is C11H14IN. The van der Waals surface area contributed by atoms with Crippen molar-refractivity contribution in [3.63, 3.8) is 0 Å². The van der Waals surface area contributed by atoms with E-state index in [1.807, 2.05) is 0 Å². The first-order valence-corrected chi connectivity index (χ1v) is 4.22. The van der Waals surface area contributed by atoms with Crippen LogP contribution in [0.2, 0.25) is 0 Å². The summed E-state index contributed by atoms with van der Waals surface area (Å²) >= 11 is 0. The Kier molecular flexibility index (Phi) is 3.01. The Bertz CT molecular complexity index is 390. The van der Waals surface area contributed by atoms with E-state index in [-0.39, 0.29) is 24.0 Å². The lowest BCUT2D eigenvalue weighted by Crippen LogP contribution is -1.89. The predicted molar refractivity (Wildman–Crippen MR) is 67.8 cm³/mol. The number of aromatic nitrogens is 1. The number of benzene rings is 1. The summed E-state index contributed by atoms with van der Waals surface area (Å²) < 4.78 is 2.24. The minimum Gasteiger partial charge on any atom is -0.348 e. The van der Waals surface area contributed by atoms with E-state index in [0.29, 0.717) is 0 Å². The van der Waals surface area contributed by atoms with Gasteiger partial charge in [-0.05, 0) is 25.5 Å². The molecule has 0 aliphatic carbocycles. The first-order chi connectivity index (χ1) is 5.72. The van der Waals surface area contributed by atoms with Crippen molar-refractivity contribution in [2.45, 2.75) is 13.8 Å². The molecule has 0 radical (unpaired) electrons. The number of halogens is 1.